The van der Waals surface area contributed by atoms with Gasteiger partial charge in [-0.3, -0.25) is 10.1 Å². The highest BCUT2D eigenvalue weighted by Gasteiger charge is 2.12. The Kier molecular flexibility index (Phi) is 5.16. The summed E-state index contributed by atoms with van der Waals surface area (Å²) in [4.78, 5) is 20.2. The lowest BCUT2D eigenvalue weighted by Gasteiger charge is -2.12. The van der Waals surface area contributed by atoms with Gasteiger partial charge in [0.25, 0.3) is 0 Å². The minimum Gasteiger partial charge on any atom is -0.472 e. The number of fused-ring (bicyclic) bond motifs is 1. The van der Waals surface area contributed by atoms with Crippen LogP contribution < -0.4 is 10.1 Å². The van der Waals surface area contributed by atoms with Crippen LogP contribution in [0, 0.1) is 5.82 Å². The number of nitrogens with one attached hydrogen (secondary N) is 1. The van der Waals surface area contributed by atoms with E-state index in [1.807, 2.05) is 48.5 Å². The first-order valence-corrected chi connectivity index (χ1v) is 9.10. The lowest BCUT2D eigenvalue weighted by molar-refractivity contribution is -0.114. The second-order valence-electron chi connectivity index (χ2n) is 6.55. The summed E-state index contributed by atoms with van der Waals surface area (Å²) in [6.07, 6.45) is 0. The number of benzene rings is 3. The molecule has 0 unspecified atom stereocenters. The number of halogens is 1. The highest BCUT2D eigenvalue weighted by molar-refractivity contribution is 5.92. The van der Waals surface area contributed by atoms with Crippen molar-refractivity contribution in [3.05, 3.63) is 84.2 Å². The maximum Gasteiger partial charge on any atom is 0.233 e. The summed E-state index contributed by atoms with van der Waals surface area (Å²) in [5.41, 5.74) is 3.39. The van der Waals surface area contributed by atoms with Crippen molar-refractivity contribution in [2.45, 2.75) is 13.5 Å². The zero-order chi connectivity index (χ0) is 20.2. The Morgan fingerprint density at radius 1 is 0.966 bits per heavy atom. The molecular weight excluding hydrogens is 369 g/mol. The number of carbonyl (C=O) groups is 1. The number of amides is 1. The van der Waals surface area contributed by atoms with Gasteiger partial charge in [0.15, 0.2) is 0 Å². The Bertz CT molecular complexity index is 1160. The molecule has 0 aliphatic rings. The number of aromatic nitrogens is 2. The molecule has 0 atom stereocenters. The van der Waals surface area contributed by atoms with Crippen LogP contribution in [0.5, 0.6) is 5.88 Å². The summed E-state index contributed by atoms with van der Waals surface area (Å²) in [5.74, 6) is 0.000144. The monoisotopic (exact) mass is 387 g/mol. The molecule has 1 heterocycles. The zero-order valence-corrected chi connectivity index (χ0v) is 15.7. The van der Waals surface area contributed by atoms with Crippen molar-refractivity contribution in [3.63, 3.8) is 0 Å². The Morgan fingerprint density at radius 2 is 1.69 bits per heavy atom. The van der Waals surface area contributed by atoms with Crippen LogP contribution in [0.4, 0.5) is 10.3 Å². The van der Waals surface area contributed by atoms with E-state index >= 15 is 0 Å². The number of ether oxygens (including phenoxy) is 1. The van der Waals surface area contributed by atoms with Gasteiger partial charge in [-0.25, -0.2) is 9.37 Å². The van der Waals surface area contributed by atoms with Crippen LogP contribution in [0.15, 0.2) is 72.8 Å². The fourth-order valence-electron chi connectivity index (χ4n) is 2.97. The van der Waals surface area contributed by atoms with Crippen LogP contribution in [0.2, 0.25) is 0 Å². The average Bonchev–Trinajstić information content (AvgIpc) is 2.72. The summed E-state index contributed by atoms with van der Waals surface area (Å²) in [5, 5.41) is 3.31. The van der Waals surface area contributed by atoms with Crippen LogP contribution in [-0.2, 0) is 11.4 Å². The third-order valence-electron chi connectivity index (χ3n) is 4.34. The van der Waals surface area contributed by atoms with E-state index in [2.05, 4.69) is 15.3 Å². The first kappa shape index (κ1) is 18.6. The number of carbonyl (C=O) groups excluding carboxylic acids is 1. The number of hydrogen-bond donors (Lipinski definition) is 1. The topological polar surface area (TPSA) is 64.1 Å². The summed E-state index contributed by atoms with van der Waals surface area (Å²) in [7, 11) is 0. The SMILES string of the molecule is CC(=O)Nc1nc(OCc2ccccc2)c2cc(-c3ccc(F)cc3)ccc2n1. The Balaban J connectivity index is 1.76. The molecule has 0 saturated heterocycles. The Morgan fingerprint density at radius 3 is 2.41 bits per heavy atom. The fourth-order valence-corrected chi connectivity index (χ4v) is 2.97. The number of hydrogen-bond acceptors (Lipinski definition) is 4. The molecule has 4 rings (SSSR count). The van der Waals surface area contributed by atoms with Crippen molar-refractivity contribution in [3.8, 4) is 17.0 Å². The van der Waals surface area contributed by atoms with E-state index in [0.717, 1.165) is 16.7 Å². The number of rotatable bonds is 5. The van der Waals surface area contributed by atoms with Crippen molar-refractivity contribution in [2.75, 3.05) is 5.32 Å². The smallest absolute Gasteiger partial charge is 0.233 e. The van der Waals surface area contributed by atoms with Gasteiger partial charge >= 0.3 is 0 Å². The molecule has 0 aliphatic carbocycles. The third-order valence-corrected chi connectivity index (χ3v) is 4.34. The van der Waals surface area contributed by atoms with Crippen molar-refractivity contribution < 1.29 is 13.9 Å². The second kappa shape index (κ2) is 8.06. The van der Waals surface area contributed by atoms with Crippen LogP contribution in [0.3, 0.4) is 0 Å². The van der Waals surface area contributed by atoms with Crippen molar-refractivity contribution in [1.82, 2.24) is 9.97 Å². The van der Waals surface area contributed by atoms with E-state index in [1.54, 1.807) is 12.1 Å². The molecule has 0 aliphatic heterocycles. The van der Waals surface area contributed by atoms with Crippen LogP contribution in [0.1, 0.15) is 12.5 Å². The van der Waals surface area contributed by atoms with Gasteiger partial charge in [-0.1, -0.05) is 48.5 Å². The lowest BCUT2D eigenvalue weighted by Crippen LogP contribution is -2.10. The van der Waals surface area contributed by atoms with Gasteiger partial charge in [0.1, 0.15) is 12.4 Å². The Labute approximate surface area is 167 Å². The maximum absolute atomic E-state index is 13.3. The minimum atomic E-state index is -0.287. The number of nitrogens with zero attached hydrogens (tertiary/aromatic N) is 2. The molecule has 3 aromatic carbocycles. The van der Waals surface area contributed by atoms with Gasteiger partial charge in [0.2, 0.25) is 17.7 Å². The van der Waals surface area contributed by atoms with Crippen LogP contribution in [-0.4, -0.2) is 15.9 Å². The Hall–Kier alpha value is -3.80. The molecule has 1 N–H and O–H groups in total. The molecule has 4 aromatic rings. The van der Waals surface area contributed by atoms with E-state index in [1.165, 1.54) is 19.1 Å². The van der Waals surface area contributed by atoms with Crippen LogP contribution in [0.25, 0.3) is 22.0 Å². The summed E-state index contributed by atoms with van der Waals surface area (Å²) in [6, 6.07) is 21.6. The van der Waals surface area contributed by atoms with Crippen LogP contribution >= 0.6 is 0 Å². The molecule has 0 spiro atoms. The first-order valence-electron chi connectivity index (χ1n) is 9.10. The molecular formula is C23H18FN3O2. The standard InChI is InChI=1S/C23H18FN3O2/c1-15(28)25-23-26-21-12-9-18(17-7-10-19(24)11-8-17)13-20(21)22(27-23)29-14-16-5-3-2-4-6-16/h2-13H,14H2,1H3,(H,25,26,27,28). The molecule has 5 nitrogen and oxygen atoms in total. The van der Waals surface area contributed by atoms with Gasteiger partial charge in [0.05, 0.1) is 10.9 Å². The van der Waals surface area contributed by atoms with E-state index in [-0.39, 0.29) is 17.7 Å². The van der Waals surface area contributed by atoms with E-state index in [4.69, 9.17) is 4.74 Å². The minimum absolute atomic E-state index is 0.183. The van der Waals surface area contributed by atoms with E-state index in [9.17, 15) is 9.18 Å². The molecule has 0 fully saturated rings. The van der Waals surface area contributed by atoms with E-state index < -0.39 is 0 Å². The molecule has 144 valence electrons. The summed E-state index contributed by atoms with van der Waals surface area (Å²) in [6.45, 7) is 1.73. The summed E-state index contributed by atoms with van der Waals surface area (Å²) >= 11 is 0. The average molecular weight is 387 g/mol. The van der Waals surface area contributed by atoms with Crippen molar-refractivity contribution >= 4 is 22.8 Å². The molecule has 0 bridgehead atoms. The highest BCUT2D eigenvalue weighted by Crippen LogP contribution is 2.30. The number of anilines is 1. The second-order valence-corrected chi connectivity index (χ2v) is 6.55. The van der Waals surface area contributed by atoms with Crippen molar-refractivity contribution in [1.29, 1.82) is 0 Å². The molecule has 0 saturated carbocycles. The van der Waals surface area contributed by atoms with E-state index in [0.29, 0.717) is 23.4 Å². The van der Waals surface area contributed by atoms with Gasteiger partial charge in [-0.05, 0) is 41.0 Å². The van der Waals surface area contributed by atoms with Crippen molar-refractivity contribution in [2.24, 2.45) is 0 Å². The van der Waals surface area contributed by atoms with Gasteiger partial charge in [0, 0.05) is 6.92 Å². The predicted molar refractivity (Wildman–Crippen MR) is 110 cm³/mol. The molecule has 1 aromatic heterocycles. The summed E-state index contributed by atoms with van der Waals surface area (Å²) < 4.78 is 19.2. The first-order chi connectivity index (χ1) is 14.1. The fraction of sp³-hybridized carbons (Fsp3) is 0.0870. The zero-order valence-electron chi connectivity index (χ0n) is 15.7. The van der Waals surface area contributed by atoms with Gasteiger partial charge < -0.3 is 4.74 Å². The normalized spacial score (nSPS) is 10.7. The van der Waals surface area contributed by atoms with Gasteiger partial charge in [-0.2, -0.15) is 4.98 Å². The molecule has 0 radical (unpaired) electrons. The molecule has 1 amide bonds. The predicted octanol–water partition coefficient (Wildman–Crippen LogP) is 4.97. The quantitative estimate of drug-likeness (QED) is 0.525. The largest absolute Gasteiger partial charge is 0.472 e. The lowest BCUT2D eigenvalue weighted by atomic mass is 10.0. The molecule has 29 heavy (non-hydrogen) atoms. The highest BCUT2D eigenvalue weighted by atomic mass is 19.1. The molecule has 6 heteroatoms. The third kappa shape index (κ3) is 4.38. The van der Waals surface area contributed by atoms with Gasteiger partial charge in [-0.15, -0.1) is 0 Å². The maximum atomic E-state index is 13.3.